The van der Waals surface area contributed by atoms with E-state index >= 15 is 0 Å². The summed E-state index contributed by atoms with van der Waals surface area (Å²) in [7, 11) is 3.27. The molecule has 0 aliphatic heterocycles. The van der Waals surface area contributed by atoms with Crippen molar-refractivity contribution in [2.24, 2.45) is 0 Å². The lowest BCUT2D eigenvalue weighted by molar-refractivity contribution is 0.0952. The largest absolute Gasteiger partial charge is 0.493 e. The van der Waals surface area contributed by atoms with E-state index in [1.165, 1.54) is 5.56 Å². The van der Waals surface area contributed by atoms with Gasteiger partial charge in [0.1, 0.15) is 0 Å². The van der Waals surface area contributed by atoms with Crippen molar-refractivity contribution < 1.29 is 14.3 Å². The lowest BCUT2D eigenvalue weighted by Crippen LogP contribution is -2.29. The number of fused-ring (bicyclic) bond motifs is 1. The molecular formula is C27H28N2O3. The molecule has 0 saturated carbocycles. The third-order valence-corrected chi connectivity index (χ3v) is 5.90. The molecule has 3 aromatic carbocycles. The van der Waals surface area contributed by atoms with E-state index in [0.717, 1.165) is 28.5 Å². The number of amides is 1. The van der Waals surface area contributed by atoms with Gasteiger partial charge in [-0.15, -0.1) is 0 Å². The molecule has 5 nitrogen and oxygen atoms in total. The number of nitrogens with one attached hydrogen (secondary N) is 2. The fourth-order valence-corrected chi connectivity index (χ4v) is 4.14. The van der Waals surface area contributed by atoms with Crippen LogP contribution in [0, 0.1) is 0 Å². The van der Waals surface area contributed by atoms with Gasteiger partial charge in [0, 0.05) is 40.7 Å². The highest BCUT2D eigenvalue weighted by atomic mass is 16.5. The Bertz CT molecular complexity index is 1210. The summed E-state index contributed by atoms with van der Waals surface area (Å²) in [6.07, 6.45) is 2.95. The third kappa shape index (κ3) is 4.19. The van der Waals surface area contributed by atoms with Crippen molar-refractivity contribution in [3.63, 3.8) is 0 Å². The second-order valence-electron chi connectivity index (χ2n) is 7.69. The van der Waals surface area contributed by atoms with Crippen molar-refractivity contribution >= 4 is 16.8 Å². The van der Waals surface area contributed by atoms with Gasteiger partial charge in [-0.3, -0.25) is 4.79 Å². The summed E-state index contributed by atoms with van der Waals surface area (Å²) in [5.74, 6) is 1.11. The average molecular weight is 429 g/mol. The topological polar surface area (TPSA) is 63.4 Å². The van der Waals surface area contributed by atoms with E-state index in [1.54, 1.807) is 14.2 Å². The van der Waals surface area contributed by atoms with Crippen molar-refractivity contribution in [3.05, 3.63) is 95.2 Å². The monoisotopic (exact) mass is 428 g/mol. The molecule has 2 N–H and O–H groups in total. The molecule has 1 amide bonds. The standard InChI is InChI=1S/C27H28N2O3/c1-4-18-12-14-19(15-13-18)27(30)29-17-23(21-9-7-11-25(31-2)26(21)32-3)22-16-28-24-10-6-5-8-20(22)24/h5-16,23,28H,4,17H2,1-3H3,(H,29,30). The number of H-pyrrole nitrogens is 1. The molecule has 1 heterocycles. The number of aromatic nitrogens is 1. The van der Waals surface area contributed by atoms with Crippen molar-refractivity contribution in [1.82, 2.24) is 10.3 Å². The van der Waals surface area contributed by atoms with Gasteiger partial charge in [-0.25, -0.2) is 0 Å². The van der Waals surface area contributed by atoms with Crippen molar-refractivity contribution in [2.45, 2.75) is 19.3 Å². The minimum atomic E-state index is -0.130. The molecule has 0 saturated heterocycles. The van der Waals surface area contributed by atoms with Crippen LogP contribution in [0.3, 0.4) is 0 Å². The SMILES string of the molecule is CCc1ccc(C(=O)NCC(c2cccc(OC)c2OC)c2c[nH]c3ccccc23)cc1. The minimum Gasteiger partial charge on any atom is -0.493 e. The molecule has 1 aromatic heterocycles. The molecule has 0 fully saturated rings. The molecule has 0 aliphatic rings. The number of hydrogen-bond acceptors (Lipinski definition) is 3. The number of benzene rings is 3. The predicted molar refractivity (Wildman–Crippen MR) is 128 cm³/mol. The summed E-state index contributed by atoms with van der Waals surface area (Å²) in [4.78, 5) is 16.3. The van der Waals surface area contributed by atoms with Gasteiger partial charge >= 0.3 is 0 Å². The van der Waals surface area contributed by atoms with Crippen LogP contribution < -0.4 is 14.8 Å². The summed E-state index contributed by atoms with van der Waals surface area (Å²) in [6.45, 7) is 2.52. The first kappa shape index (κ1) is 21.5. The van der Waals surface area contributed by atoms with Crippen molar-refractivity contribution in [3.8, 4) is 11.5 Å². The lowest BCUT2D eigenvalue weighted by Gasteiger charge is -2.22. The molecule has 4 aromatic rings. The van der Waals surface area contributed by atoms with Gasteiger partial charge in [0.25, 0.3) is 5.91 Å². The number of para-hydroxylation sites is 2. The van der Waals surface area contributed by atoms with Gasteiger partial charge in [-0.2, -0.15) is 0 Å². The molecular weight excluding hydrogens is 400 g/mol. The Labute approximate surface area is 188 Å². The zero-order chi connectivity index (χ0) is 22.5. The molecule has 164 valence electrons. The fourth-order valence-electron chi connectivity index (χ4n) is 4.14. The fraction of sp³-hybridized carbons (Fsp3) is 0.222. The first-order valence-corrected chi connectivity index (χ1v) is 10.8. The van der Waals surface area contributed by atoms with Crippen LogP contribution in [0.1, 0.15) is 39.9 Å². The van der Waals surface area contributed by atoms with Crippen LogP contribution in [-0.2, 0) is 6.42 Å². The molecule has 5 heteroatoms. The number of carbonyl (C=O) groups excluding carboxylic acids is 1. The quantitative estimate of drug-likeness (QED) is 0.400. The van der Waals surface area contributed by atoms with E-state index in [2.05, 4.69) is 23.3 Å². The number of methoxy groups -OCH3 is 2. The highest BCUT2D eigenvalue weighted by Crippen LogP contribution is 2.40. The van der Waals surface area contributed by atoms with E-state index in [1.807, 2.05) is 66.9 Å². The third-order valence-electron chi connectivity index (χ3n) is 5.90. The molecule has 0 spiro atoms. The van der Waals surface area contributed by atoms with E-state index in [9.17, 15) is 4.79 Å². The molecule has 32 heavy (non-hydrogen) atoms. The van der Waals surface area contributed by atoms with Gasteiger partial charge in [0.15, 0.2) is 11.5 Å². The van der Waals surface area contributed by atoms with Crippen LogP contribution in [0.25, 0.3) is 10.9 Å². The number of rotatable bonds is 8. The smallest absolute Gasteiger partial charge is 0.251 e. The van der Waals surface area contributed by atoms with Crippen LogP contribution in [-0.4, -0.2) is 31.7 Å². The number of aryl methyl sites for hydroxylation is 1. The van der Waals surface area contributed by atoms with Crippen LogP contribution in [0.4, 0.5) is 0 Å². The zero-order valence-electron chi connectivity index (χ0n) is 18.6. The second kappa shape index (κ2) is 9.60. The Morgan fingerprint density at radius 1 is 0.938 bits per heavy atom. The van der Waals surface area contributed by atoms with Crippen LogP contribution in [0.2, 0.25) is 0 Å². The van der Waals surface area contributed by atoms with Gasteiger partial charge in [-0.1, -0.05) is 49.4 Å². The maximum atomic E-state index is 12.9. The van der Waals surface area contributed by atoms with E-state index in [4.69, 9.17) is 9.47 Å². The summed E-state index contributed by atoms with van der Waals surface area (Å²) >= 11 is 0. The molecule has 0 aliphatic carbocycles. The zero-order valence-corrected chi connectivity index (χ0v) is 18.6. The second-order valence-corrected chi connectivity index (χ2v) is 7.69. The number of carbonyl (C=O) groups is 1. The first-order chi connectivity index (χ1) is 15.7. The molecule has 0 radical (unpaired) electrons. The van der Waals surface area contributed by atoms with Gasteiger partial charge in [0.2, 0.25) is 0 Å². The van der Waals surface area contributed by atoms with E-state index in [-0.39, 0.29) is 11.8 Å². The minimum absolute atomic E-state index is 0.0978. The number of hydrogen-bond donors (Lipinski definition) is 2. The van der Waals surface area contributed by atoms with Crippen LogP contribution >= 0.6 is 0 Å². The maximum Gasteiger partial charge on any atom is 0.251 e. The molecule has 1 unspecified atom stereocenters. The summed E-state index contributed by atoms with van der Waals surface area (Å²) in [6, 6.07) is 21.8. The summed E-state index contributed by atoms with van der Waals surface area (Å²) < 4.78 is 11.3. The summed E-state index contributed by atoms with van der Waals surface area (Å²) in [5, 5.41) is 4.24. The van der Waals surface area contributed by atoms with E-state index in [0.29, 0.717) is 23.6 Å². The molecule has 4 rings (SSSR count). The number of ether oxygens (including phenoxy) is 2. The molecule has 1 atom stereocenters. The Balaban J connectivity index is 1.71. The lowest BCUT2D eigenvalue weighted by atomic mass is 9.89. The highest BCUT2D eigenvalue weighted by Gasteiger charge is 2.24. The van der Waals surface area contributed by atoms with E-state index < -0.39 is 0 Å². The highest BCUT2D eigenvalue weighted by molar-refractivity contribution is 5.94. The maximum absolute atomic E-state index is 12.9. The summed E-state index contributed by atoms with van der Waals surface area (Å²) in [5.41, 5.74) is 4.96. The Morgan fingerprint density at radius 2 is 1.72 bits per heavy atom. The van der Waals surface area contributed by atoms with Crippen LogP contribution in [0.5, 0.6) is 11.5 Å². The average Bonchev–Trinajstić information content (AvgIpc) is 3.27. The van der Waals surface area contributed by atoms with Gasteiger partial charge in [0.05, 0.1) is 14.2 Å². The Hall–Kier alpha value is -3.73. The Morgan fingerprint density at radius 3 is 2.44 bits per heavy atom. The Kier molecular flexibility index (Phi) is 6.45. The first-order valence-electron chi connectivity index (χ1n) is 10.8. The normalized spacial score (nSPS) is 11.8. The van der Waals surface area contributed by atoms with Gasteiger partial charge < -0.3 is 19.8 Å². The molecule has 0 bridgehead atoms. The number of aromatic amines is 1. The van der Waals surface area contributed by atoms with Crippen molar-refractivity contribution in [1.29, 1.82) is 0 Å². The predicted octanol–water partition coefficient (Wildman–Crippen LogP) is 5.31. The van der Waals surface area contributed by atoms with Crippen LogP contribution in [0.15, 0.2) is 72.9 Å². The van der Waals surface area contributed by atoms with Crippen molar-refractivity contribution in [2.75, 3.05) is 20.8 Å². The van der Waals surface area contributed by atoms with Gasteiger partial charge in [-0.05, 0) is 41.8 Å².